The van der Waals surface area contributed by atoms with Crippen molar-refractivity contribution >= 4 is 39.5 Å². The molecule has 0 fully saturated rings. The fraction of sp³-hybridized carbons (Fsp3) is 0.933. The van der Waals surface area contributed by atoms with Gasteiger partial charge in [-0.05, 0) is 25.7 Å². The predicted octanol–water partition coefficient (Wildman–Crippen LogP) is 16.4. The van der Waals surface area contributed by atoms with Gasteiger partial charge in [0.25, 0.3) is 0 Å². The van der Waals surface area contributed by atoms with Gasteiger partial charge in [-0.1, -0.05) is 252 Å². The maximum Gasteiger partial charge on any atom is 0.472 e. The van der Waals surface area contributed by atoms with Crippen molar-refractivity contribution in [3.63, 3.8) is 0 Å². The summed E-state index contributed by atoms with van der Waals surface area (Å²) in [5.41, 5.74) is 0. The van der Waals surface area contributed by atoms with E-state index in [0.29, 0.717) is 25.7 Å². The number of unbranched alkanes of at least 4 members (excludes halogenated alkanes) is 35. The van der Waals surface area contributed by atoms with Crippen LogP contribution in [0.15, 0.2) is 0 Å². The van der Waals surface area contributed by atoms with Crippen LogP contribution in [0.1, 0.15) is 304 Å². The zero-order chi connectivity index (χ0) is 58.3. The number of phosphoric ester groups is 2. The molecule has 0 amide bonds. The Bertz CT molecular complexity index is 1540. The van der Waals surface area contributed by atoms with E-state index in [0.717, 1.165) is 109 Å². The molecular formula is C60H116O17P2. The summed E-state index contributed by atoms with van der Waals surface area (Å²) in [6, 6.07) is 0. The first-order chi connectivity index (χ1) is 38.2. The fourth-order valence-electron chi connectivity index (χ4n) is 8.93. The second-order valence-electron chi connectivity index (χ2n) is 21.7. The predicted molar refractivity (Wildman–Crippen MR) is 312 cm³/mol. The second-order valence-corrected chi connectivity index (χ2v) is 24.6. The number of aliphatic hydroxyl groups is 1. The van der Waals surface area contributed by atoms with Crippen molar-refractivity contribution in [2.24, 2.45) is 0 Å². The highest BCUT2D eigenvalue weighted by atomic mass is 31.2. The summed E-state index contributed by atoms with van der Waals surface area (Å²) in [6.07, 6.45) is 39.5. The van der Waals surface area contributed by atoms with Crippen molar-refractivity contribution < 1.29 is 80.2 Å². The van der Waals surface area contributed by atoms with Gasteiger partial charge in [-0.25, -0.2) is 9.13 Å². The molecule has 0 aromatic carbocycles. The van der Waals surface area contributed by atoms with Crippen LogP contribution in [0.2, 0.25) is 0 Å². The van der Waals surface area contributed by atoms with E-state index in [1.54, 1.807) is 0 Å². The molecule has 0 aliphatic rings. The van der Waals surface area contributed by atoms with Gasteiger partial charge in [0, 0.05) is 25.7 Å². The number of phosphoric acid groups is 2. The van der Waals surface area contributed by atoms with Crippen molar-refractivity contribution in [3.8, 4) is 0 Å². The Morgan fingerprint density at radius 1 is 0.304 bits per heavy atom. The highest BCUT2D eigenvalue weighted by Gasteiger charge is 2.30. The van der Waals surface area contributed by atoms with Gasteiger partial charge in [-0.2, -0.15) is 0 Å². The first-order valence-corrected chi connectivity index (χ1v) is 34.8. The molecule has 0 rings (SSSR count). The van der Waals surface area contributed by atoms with Crippen LogP contribution in [0.5, 0.6) is 0 Å². The number of aliphatic hydroxyl groups excluding tert-OH is 1. The molecule has 0 spiro atoms. The van der Waals surface area contributed by atoms with Gasteiger partial charge in [-0.3, -0.25) is 37.3 Å². The molecule has 0 aliphatic carbocycles. The minimum atomic E-state index is -4.93. The normalized spacial score (nSPS) is 14.3. The van der Waals surface area contributed by atoms with Crippen molar-refractivity contribution in [3.05, 3.63) is 0 Å². The van der Waals surface area contributed by atoms with Gasteiger partial charge in [0.05, 0.1) is 26.4 Å². The third-order valence-corrected chi connectivity index (χ3v) is 15.8. The average Bonchev–Trinajstić information content (AvgIpc) is 3.42. The maximum absolute atomic E-state index is 12.9. The largest absolute Gasteiger partial charge is 0.472 e. The molecule has 2 unspecified atom stereocenters. The van der Waals surface area contributed by atoms with Crippen LogP contribution in [-0.4, -0.2) is 96.7 Å². The molecule has 0 aromatic rings. The number of hydrogen-bond acceptors (Lipinski definition) is 15. The van der Waals surface area contributed by atoms with E-state index in [2.05, 4.69) is 27.7 Å². The van der Waals surface area contributed by atoms with E-state index in [4.69, 9.17) is 37.0 Å². The fourth-order valence-corrected chi connectivity index (χ4v) is 10.5. The third-order valence-electron chi connectivity index (χ3n) is 13.9. The number of hydrogen-bond donors (Lipinski definition) is 3. The lowest BCUT2D eigenvalue weighted by atomic mass is 10.0. The Kier molecular flexibility index (Phi) is 53.9. The topological polar surface area (TPSA) is 237 Å². The maximum atomic E-state index is 12.9. The molecular weight excluding hydrogens is 1050 g/mol. The van der Waals surface area contributed by atoms with E-state index in [9.17, 15) is 43.2 Å². The molecule has 468 valence electrons. The van der Waals surface area contributed by atoms with Gasteiger partial charge in [0.15, 0.2) is 12.2 Å². The molecule has 0 aromatic heterocycles. The minimum absolute atomic E-state index is 0.104. The summed E-state index contributed by atoms with van der Waals surface area (Å²) >= 11 is 0. The van der Waals surface area contributed by atoms with Crippen LogP contribution in [0.25, 0.3) is 0 Å². The lowest BCUT2D eigenvalue weighted by Gasteiger charge is -2.21. The molecule has 19 heteroatoms. The Hall–Kier alpha value is -1.94. The van der Waals surface area contributed by atoms with Crippen molar-refractivity contribution in [2.45, 2.75) is 322 Å². The molecule has 79 heavy (non-hydrogen) atoms. The summed E-state index contributed by atoms with van der Waals surface area (Å²) in [4.78, 5) is 71.6. The molecule has 0 saturated carbocycles. The van der Waals surface area contributed by atoms with Crippen LogP contribution in [0.3, 0.4) is 0 Å². The van der Waals surface area contributed by atoms with Crippen molar-refractivity contribution in [1.29, 1.82) is 0 Å². The van der Waals surface area contributed by atoms with Crippen LogP contribution < -0.4 is 0 Å². The van der Waals surface area contributed by atoms with Crippen LogP contribution in [0, 0.1) is 0 Å². The monoisotopic (exact) mass is 1170 g/mol. The van der Waals surface area contributed by atoms with Crippen molar-refractivity contribution in [1.82, 2.24) is 0 Å². The molecule has 0 heterocycles. The minimum Gasteiger partial charge on any atom is -0.462 e. The molecule has 17 nitrogen and oxygen atoms in total. The summed E-state index contributed by atoms with van der Waals surface area (Å²) < 4.78 is 67.5. The van der Waals surface area contributed by atoms with Crippen LogP contribution in [-0.2, 0) is 65.4 Å². The molecule has 0 bridgehead atoms. The third kappa shape index (κ3) is 55.0. The van der Waals surface area contributed by atoms with E-state index in [1.807, 2.05) is 0 Å². The quantitative estimate of drug-likeness (QED) is 0.0222. The van der Waals surface area contributed by atoms with E-state index < -0.39 is 97.5 Å². The standard InChI is InChI=1S/C60H116O17P2/c1-5-9-13-17-20-23-24-25-26-27-28-29-30-31-32-35-39-43-47-60(65)77-56(51-71-58(63)45-41-37-33-21-18-14-10-6-2)53-75-79(68,69)73-49-54(61)48-72-78(66,67)74-52-55(50-70-57(62)44-40-36-16-12-8-4)76-59(64)46-42-38-34-22-19-15-11-7-3/h54-56,61H,5-53H2,1-4H3,(H,66,67)(H,68,69)/t54-,55+,56+/m0/s1. The summed E-state index contributed by atoms with van der Waals surface area (Å²) in [6.45, 7) is 4.72. The van der Waals surface area contributed by atoms with Gasteiger partial charge >= 0.3 is 39.5 Å². The molecule has 0 radical (unpaired) electrons. The zero-order valence-electron chi connectivity index (χ0n) is 50.3. The zero-order valence-corrected chi connectivity index (χ0v) is 52.1. The smallest absolute Gasteiger partial charge is 0.462 e. The molecule has 5 atom stereocenters. The van der Waals surface area contributed by atoms with Gasteiger partial charge in [0.1, 0.15) is 19.3 Å². The van der Waals surface area contributed by atoms with Gasteiger partial charge in [0.2, 0.25) is 0 Å². The Morgan fingerprint density at radius 2 is 0.506 bits per heavy atom. The summed E-state index contributed by atoms with van der Waals surface area (Å²) in [5, 5.41) is 10.5. The lowest BCUT2D eigenvalue weighted by Crippen LogP contribution is -2.30. The highest BCUT2D eigenvalue weighted by molar-refractivity contribution is 7.47. The first-order valence-electron chi connectivity index (χ1n) is 31.8. The summed E-state index contributed by atoms with van der Waals surface area (Å²) in [7, 11) is -9.86. The van der Waals surface area contributed by atoms with Crippen LogP contribution in [0.4, 0.5) is 0 Å². The summed E-state index contributed by atoms with van der Waals surface area (Å²) in [5.74, 6) is -2.15. The number of carbonyl (C=O) groups excluding carboxylic acids is 4. The highest BCUT2D eigenvalue weighted by Crippen LogP contribution is 2.45. The Balaban J connectivity index is 5.08. The number of carbonyl (C=O) groups is 4. The SMILES string of the molecule is CCCCCCCCCCCCCCCCCCCCC(=O)O[C@H](COC(=O)CCCCCCCCCC)COP(=O)(O)OC[C@@H](O)COP(=O)(O)OC[C@@H](COC(=O)CCCCCCC)OC(=O)CCCCCCCCCC. The number of rotatable bonds is 61. The van der Waals surface area contributed by atoms with E-state index in [1.165, 1.54) is 116 Å². The van der Waals surface area contributed by atoms with Gasteiger partial charge < -0.3 is 33.8 Å². The van der Waals surface area contributed by atoms with Gasteiger partial charge in [-0.15, -0.1) is 0 Å². The number of ether oxygens (including phenoxy) is 4. The Labute approximate surface area is 479 Å². The Morgan fingerprint density at radius 3 is 0.747 bits per heavy atom. The number of esters is 4. The molecule has 0 saturated heterocycles. The van der Waals surface area contributed by atoms with E-state index >= 15 is 0 Å². The second kappa shape index (κ2) is 55.3. The average molecular weight is 1170 g/mol. The molecule has 3 N–H and O–H groups in total. The van der Waals surface area contributed by atoms with Crippen molar-refractivity contribution in [2.75, 3.05) is 39.6 Å². The van der Waals surface area contributed by atoms with Crippen LogP contribution >= 0.6 is 15.6 Å². The molecule has 0 aliphatic heterocycles. The van der Waals surface area contributed by atoms with E-state index in [-0.39, 0.29) is 25.7 Å². The lowest BCUT2D eigenvalue weighted by molar-refractivity contribution is -0.161. The first kappa shape index (κ1) is 77.1.